The smallest absolute Gasteiger partial charge is 0.248 e. The number of carbonyl (C=O) groups excluding carboxylic acids is 2. The molecular weight excluding hydrogens is 378 g/mol. The number of para-hydroxylation sites is 1. The van der Waals surface area contributed by atoms with E-state index in [1.54, 1.807) is 11.0 Å². The first-order valence-corrected chi connectivity index (χ1v) is 9.89. The number of amides is 1. The lowest BCUT2D eigenvalue weighted by atomic mass is 9.65. The first-order valence-electron chi connectivity index (χ1n) is 9.89. The molecule has 1 unspecified atom stereocenters. The molecule has 2 heterocycles. The first kappa shape index (κ1) is 18.2. The molecule has 1 amide bonds. The summed E-state index contributed by atoms with van der Waals surface area (Å²) in [4.78, 5) is 28.8. The number of ketones is 1. The predicted molar refractivity (Wildman–Crippen MR) is 110 cm³/mol. The van der Waals surface area contributed by atoms with Crippen LogP contribution in [0, 0.1) is 11.3 Å². The van der Waals surface area contributed by atoms with Crippen LogP contribution in [0.2, 0.25) is 0 Å². The normalized spacial score (nSPS) is 22.7. The highest BCUT2D eigenvalue weighted by molar-refractivity contribution is 6.19. The molecule has 5 rings (SSSR count). The Bertz CT molecular complexity index is 1190. The van der Waals surface area contributed by atoms with Crippen LogP contribution >= 0.6 is 0 Å². The lowest BCUT2D eigenvalue weighted by molar-refractivity contribution is -0.124. The average molecular weight is 397 g/mol. The van der Waals surface area contributed by atoms with Gasteiger partial charge in [0.15, 0.2) is 5.78 Å². The second-order valence-corrected chi connectivity index (χ2v) is 7.67. The maximum Gasteiger partial charge on any atom is 0.248 e. The van der Waals surface area contributed by atoms with Crippen LogP contribution in [0.1, 0.15) is 30.4 Å². The van der Waals surface area contributed by atoms with E-state index < -0.39 is 5.41 Å². The van der Waals surface area contributed by atoms with E-state index in [9.17, 15) is 14.9 Å². The van der Waals surface area contributed by atoms with Crippen molar-refractivity contribution < 1.29 is 14.3 Å². The van der Waals surface area contributed by atoms with E-state index in [0.717, 1.165) is 5.56 Å². The minimum Gasteiger partial charge on any atom is -0.444 e. The quantitative estimate of drug-likeness (QED) is 0.839. The maximum absolute atomic E-state index is 14.1. The van der Waals surface area contributed by atoms with Gasteiger partial charge in [0.05, 0.1) is 12.1 Å². The van der Waals surface area contributed by atoms with Crippen molar-refractivity contribution in [3.05, 3.63) is 88.5 Å². The summed E-state index contributed by atoms with van der Waals surface area (Å²) in [7, 11) is 0. The van der Waals surface area contributed by atoms with Crippen LogP contribution in [0.4, 0.5) is 5.69 Å². The highest BCUT2D eigenvalue weighted by Gasteiger charge is 2.61. The largest absolute Gasteiger partial charge is 0.444 e. The number of hydrogen-bond acceptors (Lipinski definition) is 5. The zero-order valence-electron chi connectivity index (χ0n) is 16.2. The van der Waals surface area contributed by atoms with Gasteiger partial charge < -0.3 is 15.4 Å². The van der Waals surface area contributed by atoms with Gasteiger partial charge in [-0.2, -0.15) is 5.26 Å². The van der Waals surface area contributed by atoms with Gasteiger partial charge >= 0.3 is 0 Å². The van der Waals surface area contributed by atoms with E-state index in [0.29, 0.717) is 42.8 Å². The molecule has 2 aromatic carbocycles. The minimum absolute atomic E-state index is 0.00971. The summed E-state index contributed by atoms with van der Waals surface area (Å²) in [5.74, 6) is -0.192. The van der Waals surface area contributed by atoms with E-state index in [4.69, 9.17) is 10.5 Å². The van der Waals surface area contributed by atoms with Gasteiger partial charge in [-0.25, -0.2) is 0 Å². The third-order valence-corrected chi connectivity index (χ3v) is 6.06. The third kappa shape index (κ3) is 2.29. The molecule has 1 aliphatic carbocycles. The molecule has 1 atom stereocenters. The summed E-state index contributed by atoms with van der Waals surface area (Å²) < 4.78 is 5.69. The van der Waals surface area contributed by atoms with Crippen LogP contribution < -0.4 is 10.6 Å². The van der Waals surface area contributed by atoms with Crippen molar-refractivity contribution in [3.63, 3.8) is 0 Å². The monoisotopic (exact) mass is 397 g/mol. The minimum atomic E-state index is -1.55. The predicted octanol–water partition coefficient (Wildman–Crippen LogP) is 3.20. The fourth-order valence-electron chi connectivity index (χ4n) is 4.83. The van der Waals surface area contributed by atoms with Crippen molar-refractivity contribution in [1.82, 2.24) is 0 Å². The van der Waals surface area contributed by atoms with Gasteiger partial charge in [0.25, 0.3) is 0 Å². The summed E-state index contributed by atoms with van der Waals surface area (Å²) in [6.45, 7) is 0.328. The summed E-state index contributed by atoms with van der Waals surface area (Å²) in [5, 5.41) is 10.0. The van der Waals surface area contributed by atoms with E-state index >= 15 is 0 Å². The zero-order chi connectivity index (χ0) is 20.9. The Labute approximate surface area is 173 Å². The Morgan fingerprint density at radius 1 is 1.07 bits per heavy atom. The Hall–Kier alpha value is -3.85. The number of nitrogens with two attached hydrogens (primary N) is 1. The molecule has 0 saturated carbocycles. The van der Waals surface area contributed by atoms with Crippen molar-refractivity contribution in [2.45, 2.75) is 31.2 Å². The highest BCUT2D eigenvalue weighted by atomic mass is 16.5. The van der Waals surface area contributed by atoms with E-state index in [2.05, 4.69) is 6.07 Å². The molecule has 6 nitrogen and oxygen atoms in total. The number of Topliss-reactive ketones (excluding diaryl/α,β-unsaturated/α-hetero) is 1. The molecule has 0 aromatic heterocycles. The van der Waals surface area contributed by atoms with Gasteiger partial charge in [0.1, 0.15) is 22.8 Å². The standard InChI is InChI=1S/C24H19N3O3/c25-13-17-22(26)30-20-12-6-11-19(28)21(20)24(17)16-9-4-5-10-18(16)27(23(24)29)14-15-7-2-1-3-8-15/h1-5,7-10H,6,11-12,14,26H2. The molecule has 0 radical (unpaired) electrons. The number of hydrogen-bond donors (Lipinski definition) is 1. The fraction of sp³-hybridized carbons (Fsp3) is 0.208. The topological polar surface area (TPSA) is 96.4 Å². The van der Waals surface area contributed by atoms with E-state index in [1.807, 2.05) is 48.5 Å². The molecule has 2 N–H and O–H groups in total. The van der Waals surface area contributed by atoms with Crippen LogP contribution in [0.5, 0.6) is 0 Å². The number of nitriles is 1. The van der Waals surface area contributed by atoms with Crippen LogP contribution in [-0.4, -0.2) is 11.7 Å². The van der Waals surface area contributed by atoms with Gasteiger partial charge in [-0.1, -0.05) is 48.5 Å². The SMILES string of the molecule is N#CC1=C(N)OC2=C(C(=O)CCC2)C12C(=O)N(Cc1ccccc1)c1ccccc12. The molecule has 6 heteroatoms. The number of anilines is 1. The molecule has 3 aliphatic rings. The van der Waals surface area contributed by atoms with Gasteiger partial charge in [0.2, 0.25) is 11.8 Å². The molecular formula is C24H19N3O3. The van der Waals surface area contributed by atoms with Crippen LogP contribution in [-0.2, 0) is 26.3 Å². The molecule has 0 saturated heterocycles. The van der Waals surface area contributed by atoms with Gasteiger partial charge in [-0.15, -0.1) is 0 Å². The van der Waals surface area contributed by atoms with Gasteiger partial charge in [0, 0.05) is 24.1 Å². The molecule has 0 bridgehead atoms. The number of ether oxygens (including phenoxy) is 1. The molecule has 1 spiro atoms. The van der Waals surface area contributed by atoms with Crippen molar-refractivity contribution in [2.75, 3.05) is 4.90 Å². The van der Waals surface area contributed by atoms with E-state index in [1.165, 1.54) is 0 Å². The summed E-state index contributed by atoms with van der Waals surface area (Å²) in [6, 6.07) is 19.0. The summed E-state index contributed by atoms with van der Waals surface area (Å²) in [6.07, 6.45) is 1.46. The third-order valence-electron chi connectivity index (χ3n) is 6.06. The number of allylic oxidation sites excluding steroid dienone is 1. The first-order chi connectivity index (χ1) is 14.6. The number of rotatable bonds is 2. The van der Waals surface area contributed by atoms with Crippen molar-refractivity contribution in [3.8, 4) is 6.07 Å². The average Bonchev–Trinajstić information content (AvgIpc) is 2.98. The number of fused-ring (bicyclic) bond motifs is 3. The second-order valence-electron chi connectivity index (χ2n) is 7.67. The van der Waals surface area contributed by atoms with Crippen molar-refractivity contribution in [2.24, 2.45) is 5.73 Å². The Morgan fingerprint density at radius 2 is 1.80 bits per heavy atom. The summed E-state index contributed by atoms with van der Waals surface area (Å²) >= 11 is 0. The van der Waals surface area contributed by atoms with Crippen LogP contribution in [0.25, 0.3) is 0 Å². The maximum atomic E-state index is 14.1. The Morgan fingerprint density at radius 3 is 2.57 bits per heavy atom. The molecule has 2 aromatic rings. The molecule has 2 aliphatic heterocycles. The van der Waals surface area contributed by atoms with Crippen LogP contribution in [0.3, 0.4) is 0 Å². The van der Waals surface area contributed by atoms with Gasteiger partial charge in [-0.05, 0) is 18.1 Å². The number of carbonyl (C=O) groups is 2. The van der Waals surface area contributed by atoms with Crippen LogP contribution in [0.15, 0.2) is 77.4 Å². The van der Waals surface area contributed by atoms with E-state index in [-0.39, 0.29) is 28.7 Å². The zero-order valence-corrected chi connectivity index (χ0v) is 16.2. The Balaban J connectivity index is 1.79. The molecule has 30 heavy (non-hydrogen) atoms. The summed E-state index contributed by atoms with van der Waals surface area (Å²) in [5.41, 5.74) is 7.08. The number of nitrogens with zero attached hydrogens (tertiary/aromatic N) is 2. The van der Waals surface area contributed by atoms with Crippen molar-refractivity contribution >= 4 is 17.4 Å². The highest BCUT2D eigenvalue weighted by Crippen LogP contribution is 2.55. The fourth-order valence-corrected chi connectivity index (χ4v) is 4.83. The van der Waals surface area contributed by atoms with Gasteiger partial charge in [-0.3, -0.25) is 9.59 Å². The lowest BCUT2D eigenvalue weighted by Gasteiger charge is -2.37. The second kappa shape index (κ2) is 6.60. The lowest BCUT2D eigenvalue weighted by Crippen LogP contribution is -2.48. The molecule has 0 fully saturated rings. The Kier molecular flexibility index (Phi) is 4.00. The number of benzene rings is 2. The molecule has 148 valence electrons. The van der Waals surface area contributed by atoms with Crippen molar-refractivity contribution in [1.29, 1.82) is 5.26 Å².